The average Bonchev–Trinajstić information content (AvgIpc) is 2.98. The summed E-state index contributed by atoms with van der Waals surface area (Å²) in [7, 11) is 0. The van der Waals surface area contributed by atoms with Crippen LogP contribution in [0.5, 0.6) is 0 Å². The molecule has 6 nitrogen and oxygen atoms in total. The molecule has 0 unspecified atom stereocenters. The maximum absolute atomic E-state index is 11.9. The Labute approximate surface area is 105 Å². The van der Waals surface area contributed by atoms with E-state index in [1.807, 2.05) is 19.9 Å². The van der Waals surface area contributed by atoms with Crippen LogP contribution in [-0.4, -0.2) is 31.7 Å². The van der Waals surface area contributed by atoms with Gasteiger partial charge in [-0.1, -0.05) is 6.92 Å². The Kier molecular flexibility index (Phi) is 3.76. The normalized spacial score (nSPS) is 12.3. The van der Waals surface area contributed by atoms with E-state index in [0.29, 0.717) is 12.2 Å². The van der Waals surface area contributed by atoms with Crippen molar-refractivity contribution in [2.24, 2.45) is 0 Å². The number of carbonyl (C=O) groups is 1. The molecule has 0 aliphatic carbocycles. The van der Waals surface area contributed by atoms with Gasteiger partial charge >= 0.3 is 0 Å². The highest BCUT2D eigenvalue weighted by atomic mass is 16.1. The summed E-state index contributed by atoms with van der Waals surface area (Å²) >= 11 is 0. The van der Waals surface area contributed by atoms with Gasteiger partial charge in [0.1, 0.15) is 18.3 Å². The summed E-state index contributed by atoms with van der Waals surface area (Å²) in [4.78, 5) is 18.9. The smallest absolute Gasteiger partial charge is 0.267 e. The van der Waals surface area contributed by atoms with Crippen LogP contribution in [0.2, 0.25) is 0 Å². The molecule has 0 spiro atoms. The maximum atomic E-state index is 11.9. The van der Waals surface area contributed by atoms with Crippen molar-refractivity contribution in [2.75, 3.05) is 0 Å². The molecule has 2 heterocycles. The number of nitrogens with zero attached hydrogens (tertiary/aromatic N) is 3. The minimum Gasteiger partial charge on any atom is -0.354 e. The van der Waals surface area contributed by atoms with Crippen LogP contribution in [0.25, 0.3) is 0 Å². The van der Waals surface area contributed by atoms with Crippen molar-refractivity contribution in [1.82, 2.24) is 25.1 Å². The number of amides is 1. The molecule has 0 saturated heterocycles. The molecule has 0 aliphatic heterocycles. The molecule has 0 bridgehead atoms. The van der Waals surface area contributed by atoms with E-state index in [-0.39, 0.29) is 11.9 Å². The van der Waals surface area contributed by atoms with Crippen LogP contribution in [0.3, 0.4) is 0 Å². The second kappa shape index (κ2) is 5.48. The van der Waals surface area contributed by atoms with Crippen LogP contribution in [0.1, 0.15) is 30.0 Å². The molecule has 0 saturated carbocycles. The fourth-order valence-electron chi connectivity index (χ4n) is 1.73. The van der Waals surface area contributed by atoms with Crippen molar-refractivity contribution >= 4 is 5.91 Å². The first kappa shape index (κ1) is 12.3. The molecule has 18 heavy (non-hydrogen) atoms. The van der Waals surface area contributed by atoms with E-state index < -0.39 is 0 Å². The van der Waals surface area contributed by atoms with E-state index in [2.05, 4.69) is 20.4 Å². The van der Waals surface area contributed by atoms with Crippen LogP contribution < -0.4 is 5.32 Å². The Morgan fingerprint density at radius 3 is 3.00 bits per heavy atom. The SMILES string of the molecule is CCc1ccc(C(=O)N[C@@H](C)Cn2cncn2)[nH]1. The van der Waals surface area contributed by atoms with E-state index >= 15 is 0 Å². The fraction of sp³-hybridized carbons (Fsp3) is 0.417. The van der Waals surface area contributed by atoms with Gasteiger partial charge in [0.15, 0.2) is 0 Å². The third-order valence-electron chi connectivity index (χ3n) is 2.68. The van der Waals surface area contributed by atoms with Crippen molar-refractivity contribution in [1.29, 1.82) is 0 Å². The number of H-pyrrole nitrogens is 1. The van der Waals surface area contributed by atoms with E-state index in [1.165, 1.54) is 6.33 Å². The van der Waals surface area contributed by atoms with Crippen LogP contribution in [-0.2, 0) is 13.0 Å². The lowest BCUT2D eigenvalue weighted by atomic mass is 10.3. The molecular weight excluding hydrogens is 230 g/mol. The number of aromatic nitrogens is 4. The zero-order valence-electron chi connectivity index (χ0n) is 10.6. The Hall–Kier alpha value is -2.11. The molecule has 0 radical (unpaired) electrons. The highest BCUT2D eigenvalue weighted by molar-refractivity contribution is 5.92. The lowest BCUT2D eigenvalue weighted by Crippen LogP contribution is -2.36. The molecule has 0 aromatic carbocycles. The number of rotatable bonds is 5. The standard InChI is InChI=1S/C12H17N5O/c1-3-10-4-5-11(16-10)12(18)15-9(2)6-17-8-13-7-14-17/h4-5,7-9,16H,3,6H2,1-2H3,(H,15,18)/t9-/m0/s1. The lowest BCUT2D eigenvalue weighted by Gasteiger charge is -2.12. The second-order valence-electron chi connectivity index (χ2n) is 4.24. The van der Waals surface area contributed by atoms with Crippen molar-refractivity contribution in [3.63, 3.8) is 0 Å². The summed E-state index contributed by atoms with van der Waals surface area (Å²) in [6, 6.07) is 3.72. The largest absolute Gasteiger partial charge is 0.354 e. The lowest BCUT2D eigenvalue weighted by molar-refractivity contribution is 0.0931. The Morgan fingerprint density at radius 2 is 2.39 bits per heavy atom. The van der Waals surface area contributed by atoms with Crippen molar-refractivity contribution < 1.29 is 4.79 Å². The zero-order valence-corrected chi connectivity index (χ0v) is 10.6. The van der Waals surface area contributed by atoms with Gasteiger partial charge in [-0.15, -0.1) is 0 Å². The van der Waals surface area contributed by atoms with Gasteiger partial charge in [-0.2, -0.15) is 5.10 Å². The number of hydrogen-bond acceptors (Lipinski definition) is 3. The summed E-state index contributed by atoms with van der Waals surface area (Å²) in [6.45, 7) is 4.58. The third-order valence-corrected chi connectivity index (χ3v) is 2.68. The van der Waals surface area contributed by atoms with Gasteiger partial charge in [0.05, 0.1) is 6.54 Å². The number of nitrogens with one attached hydrogen (secondary N) is 2. The van der Waals surface area contributed by atoms with Crippen molar-refractivity contribution in [3.8, 4) is 0 Å². The quantitative estimate of drug-likeness (QED) is 0.827. The molecule has 2 rings (SSSR count). The first-order valence-electron chi connectivity index (χ1n) is 6.00. The molecule has 2 N–H and O–H groups in total. The summed E-state index contributed by atoms with van der Waals surface area (Å²) in [6.07, 6.45) is 4.00. The molecule has 2 aromatic rings. The van der Waals surface area contributed by atoms with Gasteiger partial charge in [0, 0.05) is 11.7 Å². The van der Waals surface area contributed by atoms with E-state index in [0.717, 1.165) is 12.1 Å². The minimum absolute atomic E-state index is 0.00687. The third kappa shape index (κ3) is 2.97. The molecule has 0 aliphatic rings. The van der Waals surface area contributed by atoms with Gasteiger partial charge in [0.25, 0.3) is 5.91 Å². The van der Waals surface area contributed by atoms with Crippen LogP contribution in [0.15, 0.2) is 24.8 Å². The van der Waals surface area contributed by atoms with E-state index in [9.17, 15) is 4.79 Å². The van der Waals surface area contributed by atoms with E-state index in [1.54, 1.807) is 17.1 Å². The first-order chi connectivity index (χ1) is 8.69. The number of aryl methyl sites for hydroxylation is 1. The average molecular weight is 247 g/mol. The molecule has 1 amide bonds. The van der Waals surface area contributed by atoms with Gasteiger partial charge < -0.3 is 10.3 Å². The number of carbonyl (C=O) groups excluding carboxylic acids is 1. The molecule has 96 valence electrons. The predicted molar refractivity (Wildman–Crippen MR) is 67.1 cm³/mol. The molecule has 6 heteroatoms. The molecule has 2 aromatic heterocycles. The van der Waals surface area contributed by atoms with Crippen LogP contribution in [0, 0.1) is 0 Å². The molecule has 0 fully saturated rings. The summed E-state index contributed by atoms with van der Waals surface area (Å²) in [5, 5.41) is 6.91. The topological polar surface area (TPSA) is 75.6 Å². The second-order valence-corrected chi connectivity index (χ2v) is 4.24. The van der Waals surface area contributed by atoms with Gasteiger partial charge in [-0.25, -0.2) is 4.98 Å². The summed E-state index contributed by atoms with van der Waals surface area (Å²) < 4.78 is 1.69. The maximum Gasteiger partial charge on any atom is 0.267 e. The number of hydrogen-bond donors (Lipinski definition) is 2. The van der Waals surface area contributed by atoms with Crippen LogP contribution >= 0.6 is 0 Å². The van der Waals surface area contributed by atoms with Crippen molar-refractivity contribution in [3.05, 3.63) is 36.2 Å². The minimum atomic E-state index is -0.0951. The summed E-state index contributed by atoms with van der Waals surface area (Å²) in [5.74, 6) is -0.0951. The fourth-order valence-corrected chi connectivity index (χ4v) is 1.73. The zero-order chi connectivity index (χ0) is 13.0. The Morgan fingerprint density at radius 1 is 1.56 bits per heavy atom. The highest BCUT2D eigenvalue weighted by Gasteiger charge is 2.11. The van der Waals surface area contributed by atoms with Crippen molar-refractivity contribution in [2.45, 2.75) is 32.9 Å². The predicted octanol–water partition coefficient (Wildman–Crippen LogP) is 0.987. The van der Waals surface area contributed by atoms with Gasteiger partial charge in [-0.05, 0) is 25.5 Å². The monoisotopic (exact) mass is 247 g/mol. The summed E-state index contributed by atoms with van der Waals surface area (Å²) in [5.41, 5.74) is 1.65. The number of aromatic amines is 1. The molecule has 1 atom stereocenters. The first-order valence-corrected chi connectivity index (χ1v) is 6.00. The van der Waals surface area contributed by atoms with Gasteiger partial charge in [0.2, 0.25) is 0 Å². The van der Waals surface area contributed by atoms with E-state index in [4.69, 9.17) is 0 Å². The highest BCUT2D eigenvalue weighted by Crippen LogP contribution is 2.03. The molecular formula is C12H17N5O. The van der Waals surface area contributed by atoms with Crippen LogP contribution in [0.4, 0.5) is 0 Å². The Balaban J connectivity index is 1.90. The van der Waals surface area contributed by atoms with Gasteiger partial charge in [-0.3, -0.25) is 9.48 Å². The Bertz CT molecular complexity index is 502.